The van der Waals surface area contributed by atoms with Gasteiger partial charge in [0.1, 0.15) is 30.4 Å². The van der Waals surface area contributed by atoms with Crippen molar-refractivity contribution in [2.45, 2.75) is 13.8 Å². The lowest BCUT2D eigenvalue weighted by molar-refractivity contribution is 0.164. The normalized spacial score (nSPS) is 14.8. The fraction of sp³-hybridized carbons (Fsp3) is 0.333. The Kier molecular flexibility index (Phi) is 4.07. The summed E-state index contributed by atoms with van der Waals surface area (Å²) < 4.78 is 4.77. The van der Waals surface area contributed by atoms with Crippen LogP contribution in [-0.2, 0) is 4.74 Å². The van der Waals surface area contributed by atoms with Crippen molar-refractivity contribution in [2.24, 2.45) is 0 Å². The minimum Gasteiger partial charge on any atom is -0.447 e. The Balaban J connectivity index is 3.31. The molecule has 1 amide bonds. The van der Waals surface area contributed by atoms with E-state index in [1.807, 2.05) is 6.07 Å². The summed E-state index contributed by atoms with van der Waals surface area (Å²) >= 11 is 0. The Labute approximate surface area is 105 Å². The summed E-state index contributed by atoms with van der Waals surface area (Å²) in [6, 6.07) is 5.36. The average molecular weight is 242 g/mol. The van der Waals surface area contributed by atoms with Crippen LogP contribution in [0.2, 0.25) is 0 Å². The van der Waals surface area contributed by atoms with E-state index in [2.05, 4.69) is 0 Å². The van der Waals surface area contributed by atoms with Gasteiger partial charge in [-0.15, -0.1) is 0 Å². The van der Waals surface area contributed by atoms with E-state index < -0.39 is 6.09 Å². The largest absolute Gasteiger partial charge is 0.447 e. The van der Waals surface area contributed by atoms with E-state index in [0.717, 1.165) is 0 Å². The molecular formula is C12H10N4O2. The Bertz CT molecular complexity index is 550. The Morgan fingerprint density at radius 2 is 1.83 bits per heavy atom. The first-order valence-corrected chi connectivity index (χ1v) is 5.13. The number of hydrogen-bond acceptors (Lipinski definition) is 5. The van der Waals surface area contributed by atoms with Gasteiger partial charge in [0, 0.05) is 5.70 Å². The van der Waals surface area contributed by atoms with Gasteiger partial charge in [-0.3, -0.25) is 4.90 Å². The highest BCUT2D eigenvalue weighted by Crippen LogP contribution is 2.22. The fourth-order valence-corrected chi connectivity index (χ4v) is 1.59. The molecule has 0 aliphatic carbocycles. The van der Waals surface area contributed by atoms with Crippen molar-refractivity contribution in [3.05, 3.63) is 22.4 Å². The van der Waals surface area contributed by atoms with E-state index in [9.17, 15) is 4.79 Å². The maximum Gasteiger partial charge on any atom is 0.414 e. The monoisotopic (exact) mass is 242 g/mol. The molecule has 1 heterocycles. The number of cyclic esters (lactones) is 1. The maximum atomic E-state index is 11.4. The highest BCUT2D eigenvalue weighted by Gasteiger charge is 2.26. The van der Waals surface area contributed by atoms with Crippen LogP contribution in [0.5, 0.6) is 0 Å². The third-order valence-electron chi connectivity index (χ3n) is 2.61. The summed E-state index contributed by atoms with van der Waals surface area (Å²) in [6.45, 7) is 3.71. The lowest BCUT2D eigenvalue weighted by Gasteiger charge is -2.15. The molecule has 0 aromatic carbocycles. The van der Waals surface area contributed by atoms with E-state index in [-0.39, 0.29) is 23.3 Å². The molecule has 0 N–H and O–H groups in total. The summed E-state index contributed by atoms with van der Waals surface area (Å²) in [4.78, 5) is 12.7. The van der Waals surface area contributed by atoms with Crippen molar-refractivity contribution < 1.29 is 9.53 Å². The van der Waals surface area contributed by atoms with Gasteiger partial charge in [-0.25, -0.2) is 4.79 Å². The number of nitrogens with zero attached hydrogens (tertiary/aromatic N) is 4. The topological polar surface area (TPSA) is 101 Å². The van der Waals surface area contributed by atoms with Crippen LogP contribution in [0.1, 0.15) is 13.8 Å². The molecule has 0 radical (unpaired) electrons. The predicted octanol–water partition coefficient (Wildman–Crippen LogP) is 1.60. The third-order valence-corrected chi connectivity index (χ3v) is 2.61. The smallest absolute Gasteiger partial charge is 0.414 e. The molecule has 1 aliphatic rings. The molecule has 0 spiro atoms. The van der Waals surface area contributed by atoms with E-state index in [1.165, 1.54) is 11.8 Å². The molecule has 1 aliphatic heterocycles. The van der Waals surface area contributed by atoms with Crippen molar-refractivity contribution in [1.82, 2.24) is 4.90 Å². The summed E-state index contributed by atoms with van der Waals surface area (Å²) in [6.07, 6.45) is -0.525. The molecule has 0 saturated carbocycles. The second kappa shape index (κ2) is 5.52. The molecule has 6 nitrogen and oxygen atoms in total. The second-order valence-corrected chi connectivity index (χ2v) is 3.56. The van der Waals surface area contributed by atoms with E-state index in [0.29, 0.717) is 12.2 Å². The molecule has 0 unspecified atom stereocenters. The molecule has 0 bridgehead atoms. The lowest BCUT2D eigenvalue weighted by atomic mass is 10.0. The van der Waals surface area contributed by atoms with Crippen LogP contribution in [-0.4, -0.2) is 24.1 Å². The highest BCUT2D eigenvalue weighted by molar-refractivity contribution is 5.72. The molecule has 0 aromatic rings. The SMILES string of the molecule is CC(=C(C#N)C#N)/C(C#N)=C(\C)N1CCOC1=O. The fourth-order valence-electron chi connectivity index (χ4n) is 1.59. The zero-order chi connectivity index (χ0) is 13.7. The molecule has 90 valence electrons. The highest BCUT2D eigenvalue weighted by atomic mass is 16.6. The molecule has 18 heavy (non-hydrogen) atoms. The quantitative estimate of drug-likeness (QED) is 0.540. The molecule has 1 fully saturated rings. The van der Waals surface area contributed by atoms with Crippen LogP contribution < -0.4 is 0 Å². The standard InChI is InChI=1S/C12H10N4O2/c1-8(10(5-13)6-14)11(7-15)9(2)16-3-4-18-12(16)17/h3-4H2,1-2H3/b11-9+. The number of ether oxygens (including phenoxy) is 1. The minimum atomic E-state index is -0.525. The first-order valence-electron chi connectivity index (χ1n) is 5.13. The number of rotatable bonds is 2. The van der Waals surface area contributed by atoms with Crippen molar-refractivity contribution in [3.63, 3.8) is 0 Å². The molecule has 0 atom stereocenters. The molecule has 1 saturated heterocycles. The summed E-state index contributed by atoms with van der Waals surface area (Å²) in [7, 11) is 0. The second-order valence-electron chi connectivity index (χ2n) is 3.56. The Hall–Kier alpha value is -2.78. The van der Waals surface area contributed by atoms with Crippen molar-refractivity contribution in [3.8, 4) is 18.2 Å². The zero-order valence-corrected chi connectivity index (χ0v) is 10.0. The first-order chi connectivity index (χ1) is 8.56. The van der Waals surface area contributed by atoms with Crippen molar-refractivity contribution in [2.75, 3.05) is 13.2 Å². The van der Waals surface area contributed by atoms with E-state index in [1.54, 1.807) is 19.1 Å². The number of nitriles is 3. The van der Waals surface area contributed by atoms with Gasteiger partial charge in [0.2, 0.25) is 0 Å². The molecule has 1 rings (SSSR count). The van der Waals surface area contributed by atoms with Gasteiger partial charge in [0.15, 0.2) is 0 Å². The Morgan fingerprint density at radius 1 is 1.22 bits per heavy atom. The van der Waals surface area contributed by atoms with Crippen LogP contribution in [0, 0.1) is 34.0 Å². The minimum absolute atomic E-state index is 0.140. The lowest BCUT2D eigenvalue weighted by Crippen LogP contribution is -2.23. The molecular weight excluding hydrogens is 232 g/mol. The third kappa shape index (κ3) is 2.31. The van der Waals surface area contributed by atoms with Gasteiger partial charge in [0.25, 0.3) is 0 Å². The van der Waals surface area contributed by atoms with Crippen LogP contribution in [0.3, 0.4) is 0 Å². The molecule has 6 heteroatoms. The number of carbonyl (C=O) groups is 1. The van der Waals surface area contributed by atoms with Crippen LogP contribution in [0.15, 0.2) is 22.4 Å². The van der Waals surface area contributed by atoms with E-state index >= 15 is 0 Å². The summed E-state index contributed by atoms with van der Waals surface area (Å²) in [5.74, 6) is 0. The van der Waals surface area contributed by atoms with E-state index in [4.69, 9.17) is 20.5 Å². The Morgan fingerprint density at radius 3 is 2.22 bits per heavy atom. The average Bonchev–Trinajstić information content (AvgIpc) is 2.77. The number of hydrogen-bond donors (Lipinski definition) is 0. The number of carbonyl (C=O) groups excluding carboxylic acids is 1. The van der Waals surface area contributed by atoms with Gasteiger partial charge in [-0.1, -0.05) is 0 Å². The van der Waals surface area contributed by atoms with Crippen molar-refractivity contribution in [1.29, 1.82) is 15.8 Å². The summed E-state index contributed by atoms with van der Waals surface area (Å²) in [5.41, 5.74) is 0.658. The zero-order valence-electron chi connectivity index (χ0n) is 10.0. The van der Waals surface area contributed by atoms with Gasteiger partial charge in [-0.05, 0) is 19.4 Å². The van der Waals surface area contributed by atoms with Crippen molar-refractivity contribution >= 4 is 6.09 Å². The van der Waals surface area contributed by atoms with Gasteiger partial charge in [-0.2, -0.15) is 15.8 Å². The van der Waals surface area contributed by atoms with Gasteiger partial charge < -0.3 is 4.74 Å². The maximum absolute atomic E-state index is 11.4. The predicted molar refractivity (Wildman–Crippen MR) is 60.3 cm³/mol. The van der Waals surface area contributed by atoms with Gasteiger partial charge in [0.05, 0.1) is 12.1 Å². The first kappa shape index (κ1) is 13.3. The number of allylic oxidation sites excluding steroid dienone is 4. The summed E-state index contributed by atoms with van der Waals surface area (Å²) in [5, 5.41) is 26.7. The van der Waals surface area contributed by atoms with Gasteiger partial charge >= 0.3 is 6.09 Å². The van der Waals surface area contributed by atoms with Crippen LogP contribution >= 0.6 is 0 Å². The molecule has 0 aromatic heterocycles. The number of amides is 1. The van der Waals surface area contributed by atoms with Crippen LogP contribution in [0.25, 0.3) is 0 Å². The van der Waals surface area contributed by atoms with Crippen LogP contribution in [0.4, 0.5) is 4.79 Å².